The molecule has 2 unspecified atom stereocenters. The van der Waals surface area contributed by atoms with E-state index in [1.807, 2.05) is 30.3 Å². The highest BCUT2D eigenvalue weighted by Gasteiger charge is 2.51. The van der Waals surface area contributed by atoms with Crippen LogP contribution in [0.4, 0.5) is 4.79 Å². The average molecular weight is 780 g/mol. The third-order valence-electron chi connectivity index (χ3n) is 9.55. The summed E-state index contributed by atoms with van der Waals surface area (Å²) >= 11 is 1.33. The molecule has 1 aromatic carbocycles. The first-order chi connectivity index (χ1) is 26.5. The van der Waals surface area contributed by atoms with Gasteiger partial charge in [-0.3, -0.25) is 24.1 Å². The van der Waals surface area contributed by atoms with Crippen molar-refractivity contribution in [3.63, 3.8) is 0 Å². The molecule has 2 N–H and O–H groups in total. The molecule has 0 saturated carbocycles. The Morgan fingerprint density at radius 3 is 2.64 bits per heavy atom. The zero-order chi connectivity index (χ0) is 39.3. The number of carbonyl (C=O) groups is 6. The second kappa shape index (κ2) is 17.0. The first-order valence-electron chi connectivity index (χ1n) is 17.8. The summed E-state index contributed by atoms with van der Waals surface area (Å²) in [5.74, 6) is -2.88. The van der Waals surface area contributed by atoms with Gasteiger partial charge in [0.2, 0.25) is 23.3 Å². The van der Waals surface area contributed by atoms with Crippen molar-refractivity contribution in [2.45, 2.75) is 56.7 Å². The van der Waals surface area contributed by atoms with Crippen LogP contribution in [0.5, 0.6) is 0 Å². The third kappa shape index (κ3) is 8.20. The van der Waals surface area contributed by atoms with Crippen LogP contribution in [0.2, 0.25) is 0 Å². The van der Waals surface area contributed by atoms with Gasteiger partial charge in [0, 0.05) is 29.5 Å². The van der Waals surface area contributed by atoms with Crippen molar-refractivity contribution in [2.75, 3.05) is 52.4 Å². The summed E-state index contributed by atoms with van der Waals surface area (Å²) in [6.07, 6.45) is 1.17. The predicted molar refractivity (Wildman–Crippen MR) is 196 cm³/mol. The van der Waals surface area contributed by atoms with Gasteiger partial charge >= 0.3 is 18.0 Å². The molecular formula is C37H41N5O12S. The highest BCUT2D eigenvalue weighted by Crippen LogP contribution is 2.41. The van der Waals surface area contributed by atoms with Crippen LogP contribution in [0.1, 0.15) is 43.4 Å². The van der Waals surface area contributed by atoms with Crippen LogP contribution >= 0.6 is 11.8 Å². The van der Waals surface area contributed by atoms with E-state index in [1.54, 1.807) is 23.8 Å². The molecular weight excluding hydrogens is 738 g/mol. The van der Waals surface area contributed by atoms with Crippen LogP contribution in [0.25, 0.3) is 22.3 Å². The Balaban J connectivity index is 0.945. The lowest BCUT2D eigenvalue weighted by atomic mass is 9.85. The fraction of sp³-hybridized carbons (Fsp3) is 0.459. The van der Waals surface area contributed by atoms with Gasteiger partial charge in [-0.15, -0.1) is 0 Å². The van der Waals surface area contributed by atoms with E-state index in [1.165, 1.54) is 23.6 Å². The fourth-order valence-electron chi connectivity index (χ4n) is 6.65. The molecule has 292 valence electrons. The molecule has 17 nitrogen and oxygen atoms in total. The maximum atomic E-state index is 13.8. The monoisotopic (exact) mass is 779 g/mol. The van der Waals surface area contributed by atoms with E-state index >= 15 is 0 Å². The SMILES string of the molecule is CC[C@@]1(OC(=O)C(C)NC(=O)COCCNC(=O)OCCOCCN2C(=O)CC(SC)C2=O)C(=O)OCc2c1cc1n(c2=O)Cc2cc3ccccc3nc2-1. The number of ether oxygens (including phenoxy) is 5. The number of esters is 2. The van der Waals surface area contributed by atoms with Gasteiger partial charge in [-0.25, -0.2) is 19.4 Å². The number of aromatic nitrogens is 2. The molecule has 6 rings (SSSR count). The molecule has 3 aliphatic heterocycles. The number of alkyl carbamates (subject to hydrolysis) is 1. The molecule has 3 aliphatic rings. The summed E-state index contributed by atoms with van der Waals surface area (Å²) in [6, 6.07) is 10.0. The Morgan fingerprint density at radius 2 is 1.87 bits per heavy atom. The quantitative estimate of drug-likeness (QED) is 0.0713. The number of amides is 4. The number of nitrogens with one attached hydrogen (secondary N) is 2. The zero-order valence-electron chi connectivity index (χ0n) is 30.5. The molecule has 4 amide bonds. The van der Waals surface area contributed by atoms with Gasteiger partial charge in [0.1, 0.15) is 25.9 Å². The molecule has 0 bridgehead atoms. The van der Waals surface area contributed by atoms with E-state index < -0.39 is 42.2 Å². The number of thioether (sulfide) groups is 1. The molecule has 55 heavy (non-hydrogen) atoms. The van der Waals surface area contributed by atoms with Gasteiger partial charge in [0.05, 0.1) is 60.6 Å². The lowest BCUT2D eigenvalue weighted by Crippen LogP contribution is -2.51. The number of cyclic esters (lactones) is 1. The summed E-state index contributed by atoms with van der Waals surface area (Å²) in [7, 11) is 0. The number of hydrogen-bond donors (Lipinski definition) is 2. The van der Waals surface area contributed by atoms with Crippen molar-refractivity contribution in [3.05, 3.63) is 63.4 Å². The zero-order valence-corrected chi connectivity index (χ0v) is 31.4. The van der Waals surface area contributed by atoms with Crippen LogP contribution in [0, 0.1) is 0 Å². The minimum Gasteiger partial charge on any atom is -0.457 e. The number of para-hydroxylation sites is 1. The van der Waals surface area contributed by atoms with Gasteiger partial charge in [-0.2, -0.15) is 11.8 Å². The molecule has 2 aromatic heterocycles. The van der Waals surface area contributed by atoms with Crippen molar-refractivity contribution in [1.82, 2.24) is 25.1 Å². The Kier molecular flexibility index (Phi) is 12.2. The Morgan fingerprint density at radius 1 is 1.07 bits per heavy atom. The lowest BCUT2D eigenvalue weighted by molar-refractivity contribution is -0.190. The lowest BCUT2D eigenvalue weighted by Gasteiger charge is -2.36. The van der Waals surface area contributed by atoms with E-state index in [0.29, 0.717) is 11.4 Å². The number of hydrogen-bond acceptors (Lipinski definition) is 14. The van der Waals surface area contributed by atoms with Crippen LogP contribution in [0.3, 0.4) is 0 Å². The van der Waals surface area contributed by atoms with Crippen LogP contribution < -0.4 is 16.2 Å². The van der Waals surface area contributed by atoms with Gasteiger partial charge in [0.15, 0.2) is 0 Å². The van der Waals surface area contributed by atoms with E-state index in [4.69, 9.17) is 28.7 Å². The normalized spacial score (nSPS) is 19.0. The summed E-state index contributed by atoms with van der Waals surface area (Å²) < 4.78 is 28.4. The van der Waals surface area contributed by atoms with E-state index in [0.717, 1.165) is 16.5 Å². The first kappa shape index (κ1) is 39.4. The molecule has 1 fully saturated rings. The predicted octanol–water partition coefficient (Wildman–Crippen LogP) is 1.39. The fourth-order valence-corrected chi connectivity index (χ4v) is 7.29. The largest absolute Gasteiger partial charge is 0.457 e. The Bertz CT molecular complexity index is 2090. The Labute approximate surface area is 319 Å². The van der Waals surface area contributed by atoms with Crippen molar-refractivity contribution in [1.29, 1.82) is 0 Å². The Hall–Kier alpha value is -5.33. The van der Waals surface area contributed by atoms with E-state index in [9.17, 15) is 33.6 Å². The molecule has 0 spiro atoms. The minimum absolute atomic E-state index is 0.0147. The highest BCUT2D eigenvalue weighted by atomic mass is 32.2. The molecule has 1 saturated heterocycles. The van der Waals surface area contributed by atoms with E-state index in [2.05, 4.69) is 10.6 Å². The number of pyridine rings is 2. The topological polar surface area (TPSA) is 211 Å². The highest BCUT2D eigenvalue weighted by molar-refractivity contribution is 8.00. The smallest absolute Gasteiger partial charge is 0.407 e. The average Bonchev–Trinajstić information content (AvgIpc) is 3.67. The second-order valence-electron chi connectivity index (χ2n) is 13.0. The first-order valence-corrected chi connectivity index (χ1v) is 19.0. The molecule has 0 aliphatic carbocycles. The summed E-state index contributed by atoms with van der Waals surface area (Å²) in [5, 5.41) is 5.50. The summed E-state index contributed by atoms with van der Waals surface area (Å²) in [5.41, 5.74) is 0.779. The number of benzene rings is 1. The van der Waals surface area contributed by atoms with E-state index in [-0.39, 0.29) is 99.3 Å². The van der Waals surface area contributed by atoms with Gasteiger partial charge in [-0.05, 0) is 37.8 Å². The number of carbonyl (C=O) groups excluding carboxylic acids is 6. The van der Waals surface area contributed by atoms with Gasteiger partial charge in [0.25, 0.3) is 5.56 Å². The molecule has 0 radical (unpaired) electrons. The van der Waals surface area contributed by atoms with Crippen LogP contribution in [0.15, 0.2) is 41.2 Å². The minimum atomic E-state index is -1.94. The number of rotatable bonds is 16. The standard InChI is InChI=1S/C37H41N5O12S/c1-4-37(25-16-27-31-23(15-22-7-5-6-8-26(22)40-31)18-42(27)32(45)24(25)19-53-35(37)48)54-34(47)21(2)39-29(43)20-51-11-9-38-36(49)52-14-13-50-12-10-41-30(44)17-28(55-3)33(41)46/h5-8,15-16,21,28H,4,9-14,17-20H2,1-3H3,(H,38,49)(H,39,43)/t21?,28?,37-/m0/s1. The van der Waals surface area contributed by atoms with Crippen molar-refractivity contribution in [2.24, 2.45) is 0 Å². The number of nitrogens with zero attached hydrogens (tertiary/aromatic N) is 3. The van der Waals surface area contributed by atoms with Crippen molar-refractivity contribution >= 4 is 58.4 Å². The van der Waals surface area contributed by atoms with Gasteiger partial charge in [-0.1, -0.05) is 25.1 Å². The van der Waals surface area contributed by atoms with Gasteiger partial charge < -0.3 is 38.9 Å². The summed E-state index contributed by atoms with van der Waals surface area (Å²) in [4.78, 5) is 94.9. The maximum Gasteiger partial charge on any atom is 0.407 e. The molecule has 18 heteroatoms. The molecule has 3 atom stereocenters. The van der Waals surface area contributed by atoms with Crippen LogP contribution in [-0.2, 0) is 66.4 Å². The summed E-state index contributed by atoms with van der Waals surface area (Å²) in [6.45, 7) is 2.77. The van der Waals surface area contributed by atoms with Crippen molar-refractivity contribution < 1.29 is 52.5 Å². The van der Waals surface area contributed by atoms with Crippen LogP contribution in [-0.4, -0.2) is 114 Å². The van der Waals surface area contributed by atoms with Crippen molar-refractivity contribution in [3.8, 4) is 11.4 Å². The molecule has 3 aromatic rings. The number of imide groups is 1. The number of likely N-dealkylation sites (tertiary alicyclic amines) is 1. The second-order valence-corrected chi connectivity index (χ2v) is 14.0. The third-order valence-corrected chi connectivity index (χ3v) is 10.5. The molecule has 5 heterocycles. The number of fused-ring (bicyclic) bond motifs is 5. The maximum absolute atomic E-state index is 13.8.